The number of para-hydroxylation sites is 1. The van der Waals surface area contributed by atoms with Crippen LogP contribution in [0.1, 0.15) is 32.3 Å². The number of hydrogen-bond donors (Lipinski definition) is 2. The minimum absolute atomic E-state index is 0.0400. The van der Waals surface area contributed by atoms with Crippen molar-refractivity contribution < 1.29 is 33.6 Å². The first-order valence-corrected chi connectivity index (χ1v) is 11.6. The summed E-state index contributed by atoms with van der Waals surface area (Å²) in [7, 11) is 3.52. The van der Waals surface area contributed by atoms with Gasteiger partial charge in [0.05, 0.1) is 17.7 Å². The molecule has 0 radical (unpaired) electrons. The Morgan fingerprint density at radius 1 is 1.39 bits per heavy atom. The average molecular weight is 461 g/mol. The van der Waals surface area contributed by atoms with E-state index in [4.69, 9.17) is 18.9 Å². The van der Waals surface area contributed by atoms with Gasteiger partial charge in [0.2, 0.25) is 6.29 Å². The van der Waals surface area contributed by atoms with Crippen molar-refractivity contribution in [1.82, 2.24) is 4.90 Å². The second kappa shape index (κ2) is 7.94. The Labute approximate surface area is 193 Å². The molecule has 1 aromatic carbocycles. The first-order chi connectivity index (χ1) is 15.7. The highest BCUT2D eigenvalue weighted by Gasteiger charge is 2.75. The van der Waals surface area contributed by atoms with Gasteiger partial charge in [-0.1, -0.05) is 12.1 Å². The summed E-state index contributed by atoms with van der Waals surface area (Å²) in [6.07, 6.45) is -0.332. The van der Waals surface area contributed by atoms with Crippen LogP contribution in [0.3, 0.4) is 0 Å². The van der Waals surface area contributed by atoms with Crippen molar-refractivity contribution >= 4 is 17.4 Å². The lowest BCUT2D eigenvalue weighted by Gasteiger charge is -2.49. The summed E-state index contributed by atoms with van der Waals surface area (Å²) in [5, 5.41) is 15.6. The number of fused-ring (bicyclic) bond motifs is 2. The summed E-state index contributed by atoms with van der Waals surface area (Å²) < 4.78 is 22.7. The van der Waals surface area contributed by atoms with E-state index in [0.29, 0.717) is 24.4 Å². The van der Waals surface area contributed by atoms with Crippen molar-refractivity contribution in [2.24, 2.45) is 11.8 Å². The lowest BCUT2D eigenvalue weighted by atomic mass is 9.56. The molecule has 3 aliphatic heterocycles. The molecule has 3 fully saturated rings. The molecule has 3 heterocycles. The number of rotatable bonds is 5. The Morgan fingerprint density at radius 3 is 2.91 bits per heavy atom. The maximum Gasteiger partial charge on any atom is 0.302 e. The topological polar surface area (TPSA) is 107 Å². The monoisotopic (exact) mass is 460 g/mol. The Kier molecular flexibility index (Phi) is 5.43. The quantitative estimate of drug-likeness (QED) is 0.496. The van der Waals surface area contributed by atoms with E-state index in [1.165, 1.54) is 14.0 Å². The van der Waals surface area contributed by atoms with Gasteiger partial charge >= 0.3 is 5.97 Å². The second-order valence-electron chi connectivity index (χ2n) is 9.72. The van der Waals surface area contributed by atoms with Crippen molar-refractivity contribution in [2.45, 2.75) is 56.3 Å². The first kappa shape index (κ1) is 22.6. The number of methoxy groups -OCH3 is 1. The van der Waals surface area contributed by atoms with Crippen LogP contribution in [0.4, 0.5) is 5.69 Å². The number of esters is 1. The Morgan fingerprint density at radius 2 is 2.18 bits per heavy atom. The van der Waals surface area contributed by atoms with Crippen molar-refractivity contribution in [3.63, 3.8) is 0 Å². The van der Waals surface area contributed by atoms with E-state index in [-0.39, 0.29) is 30.3 Å². The number of hydrogen-bond acceptors (Lipinski definition) is 9. The molecule has 180 valence electrons. The van der Waals surface area contributed by atoms with Gasteiger partial charge < -0.3 is 34.3 Å². The third-order valence-electron chi connectivity index (χ3n) is 7.96. The molecule has 4 bridgehead atoms. The van der Waals surface area contributed by atoms with Crippen LogP contribution in [0.15, 0.2) is 18.2 Å². The van der Waals surface area contributed by atoms with Crippen molar-refractivity contribution in [3.05, 3.63) is 23.8 Å². The molecule has 2 N–H and O–H groups in total. The molecular weight excluding hydrogens is 428 g/mol. The normalized spacial score (nSPS) is 37.9. The van der Waals surface area contributed by atoms with Gasteiger partial charge in [0.15, 0.2) is 18.1 Å². The molecule has 1 aliphatic carbocycles. The third kappa shape index (κ3) is 3.13. The molecule has 5 rings (SSSR count). The summed E-state index contributed by atoms with van der Waals surface area (Å²) in [5.74, 6) is -0.290. The smallest absolute Gasteiger partial charge is 0.302 e. The van der Waals surface area contributed by atoms with Crippen molar-refractivity contribution in [3.8, 4) is 5.75 Å². The third-order valence-corrected chi connectivity index (χ3v) is 7.96. The molecule has 7 atom stereocenters. The van der Waals surface area contributed by atoms with E-state index >= 15 is 0 Å². The molecular formula is C24H32N2O7. The van der Waals surface area contributed by atoms with Gasteiger partial charge in [-0.05, 0) is 51.5 Å². The molecule has 2 saturated heterocycles. The Balaban J connectivity index is 1.60. The predicted molar refractivity (Wildman–Crippen MR) is 118 cm³/mol. The van der Waals surface area contributed by atoms with Crippen LogP contribution in [0.5, 0.6) is 5.75 Å². The predicted octanol–water partition coefficient (Wildman–Crippen LogP) is 1.28. The minimum atomic E-state index is -1.58. The highest BCUT2D eigenvalue weighted by Crippen LogP contribution is 2.63. The van der Waals surface area contributed by atoms with E-state index in [9.17, 15) is 14.7 Å². The van der Waals surface area contributed by atoms with E-state index in [1.807, 2.05) is 19.1 Å². The molecule has 1 spiro atoms. The number of carbonyl (C=O) groups excluding carboxylic acids is 2. The first-order valence-electron chi connectivity index (χ1n) is 11.6. The van der Waals surface area contributed by atoms with Gasteiger partial charge in [-0.3, -0.25) is 9.59 Å². The van der Waals surface area contributed by atoms with Gasteiger partial charge in [0, 0.05) is 20.0 Å². The van der Waals surface area contributed by atoms with E-state index in [2.05, 4.69) is 17.3 Å². The van der Waals surface area contributed by atoms with E-state index in [1.54, 1.807) is 6.07 Å². The van der Waals surface area contributed by atoms with Crippen LogP contribution in [0, 0.1) is 11.8 Å². The summed E-state index contributed by atoms with van der Waals surface area (Å²) in [6.45, 7) is 4.70. The molecule has 0 amide bonds. The zero-order valence-electron chi connectivity index (χ0n) is 19.5. The SMILES string of the molecule is COC(COC(C)=O)Oc1cccc2c1NC1(O)C3OC(C)C4C(=O)C21CCN(C)CCC43. The van der Waals surface area contributed by atoms with Crippen LogP contribution in [0.2, 0.25) is 0 Å². The highest BCUT2D eigenvalue weighted by molar-refractivity contribution is 6.00. The number of Topliss-reactive ketones (excluding diaryl/α,β-unsaturated/α-hetero) is 1. The van der Waals surface area contributed by atoms with Crippen LogP contribution in [-0.2, 0) is 29.2 Å². The number of nitrogens with one attached hydrogen (secondary N) is 1. The van der Waals surface area contributed by atoms with Crippen molar-refractivity contribution in [2.75, 3.05) is 39.2 Å². The van der Waals surface area contributed by atoms with Gasteiger partial charge in [-0.15, -0.1) is 0 Å². The number of ketones is 1. The molecule has 9 heteroatoms. The van der Waals surface area contributed by atoms with E-state index in [0.717, 1.165) is 18.5 Å². The highest BCUT2D eigenvalue weighted by atomic mass is 16.7. The maximum atomic E-state index is 14.2. The van der Waals surface area contributed by atoms with Crippen LogP contribution >= 0.6 is 0 Å². The molecule has 7 unspecified atom stereocenters. The van der Waals surface area contributed by atoms with Crippen LogP contribution < -0.4 is 10.1 Å². The second-order valence-corrected chi connectivity index (χ2v) is 9.72. The zero-order chi connectivity index (χ0) is 23.5. The fourth-order valence-electron chi connectivity index (χ4n) is 6.40. The van der Waals surface area contributed by atoms with Gasteiger partial charge in [-0.25, -0.2) is 0 Å². The van der Waals surface area contributed by atoms with Gasteiger partial charge in [0.25, 0.3) is 0 Å². The Bertz CT molecular complexity index is 970. The number of nitrogens with zero attached hydrogens (tertiary/aromatic N) is 1. The fourth-order valence-corrected chi connectivity index (χ4v) is 6.40. The lowest BCUT2D eigenvalue weighted by molar-refractivity contribution is -0.161. The van der Waals surface area contributed by atoms with Crippen LogP contribution in [0.25, 0.3) is 0 Å². The summed E-state index contributed by atoms with van der Waals surface area (Å²) >= 11 is 0. The maximum absolute atomic E-state index is 14.2. The summed E-state index contributed by atoms with van der Waals surface area (Å²) in [5.41, 5.74) is -1.45. The standard InChI is InChI=1S/C24H32N2O7/c1-13-19-15-8-10-26(3)11-9-23(21(19)28)16-6-5-7-17(33-18(30-4)12-31-14(2)27)20(16)25-24(23,29)22(15)32-13/h5-7,13,15,18-19,22,25,29H,8-12H2,1-4H3. The molecule has 1 saturated carbocycles. The molecule has 1 aromatic rings. The number of benzene rings is 1. The van der Waals surface area contributed by atoms with Gasteiger partial charge in [0.1, 0.15) is 17.3 Å². The van der Waals surface area contributed by atoms with Gasteiger partial charge in [-0.2, -0.15) is 0 Å². The molecule has 0 aromatic heterocycles. The fraction of sp³-hybridized carbons (Fsp3) is 0.667. The number of carbonyl (C=O) groups is 2. The summed E-state index contributed by atoms with van der Waals surface area (Å²) in [6, 6.07) is 5.46. The van der Waals surface area contributed by atoms with E-state index < -0.39 is 29.5 Å². The number of aliphatic hydroxyl groups is 1. The molecule has 9 nitrogen and oxygen atoms in total. The zero-order valence-corrected chi connectivity index (χ0v) is 19.5. The van der Waals surface area contributed by atoms with Crippen molar-refractivity contribution in [1.29, 1.82) is 0 Å². The number of ether oxygens (including phenoxy) is 4. The van der Waals surface area contributed by atoms with Crippen LogP contribution in [-0.4, -0.2) is 79.8 Å². The molecule has 33 heavy (non-hydrogen) atoms. The largest absolute Gasteiger partial charge is 0.459 e. The lowest BCUT2D eigenvalue weighted by Crippen LogP contribution is -2.69. The summed E-state index contributed by atoms with van der Waals surface area (Å²) in [4.78, 5) is 27.7. The average Bonchev–Trinajstić information content (AvgIpc) is 3.25. The minimum Gasteiger partial charge on any atom is -0.459 e. The Hall–Kier alpha value is -2.20. The number of anilines is 1. The molecule has 4 aliphatic rings.